The van der Waals surface area contributed by atoms with E-state index < -0.39 is 0 Å². The van der Waals surface area contributed by atoms with Crippen molar-refractivity contribution in [2.45, 2.75) is 39.5 Å². The van der Waals surface area contributed by atoms with E-state index in [0.29, 0.717) is 6.42 Å². The van der Waals surface area contributed by atoms with Crippen LogP contribution in [0.4, 0.5) is 0 Å². The van der Waals surface area contributed by atoms with Crippen molar-refractivity contribution in [2.24, 2.45) is 0 Å². The Morgan fingerprint density at radius 1 is 0.950 bits per heavy atom. The number of benzene rings is 2. The van der Waals surface area contributed by atoms with Crippen LogP contribution in [0.15, 0.2) is 42.5 Å². The Morgan fingerprint density at radius 3 is 2.25 bits per heavy atom. The second kappa shape index (κ2) is 6.51. The molecule has 0 N–H and O–H groups in total. The van der Waals surface area contributed by atoms with Crippen molar-refractivity contribution in [3.05, 3.63) is 70.3 Å². The molecule has 104 valence electrons. The highest BCUT2D eigenvalue weighted by molar-refractivity contribution is 5.52. The van der Waals surface area contributed by atoms with Gasteiger partial charge in [-0.2, -0.15) is 0 Å². The normalized spacial score (nSPS) is 12.2. The molecule has 0 aromatic heterocycles. The molecule has 1 atom stereocenters. The maximum Gasteiger partial charge on any atom is 0.120 e. The molecule has 0 heterocycles. The van der Waals surface area contributed by atoms with E-state index in [9.17, 15) is 4.79 Å². The molecule has 0 saturated carbocycles. The first-order valence-electron chi connectivity index (χ1n) is 7.17. The minimum Gasteiger partial charge on any atom is -0.303 e. The third-order valence-electron chi connectivity index (χ3n) is 4.07. The van der Waals surface area contributed by atoms with Gasteiger partial charge in [0.2, 0.25) is 0 Å². The Morgan fingerprint density at radius 2 is 1.60 bits per heavy atom. The zero-order valence-electron chi connectivity index (χ0n) is 12.5. The number of aryl methyl sites for hydroxylation is 3. The molecule has 0 saturated heterocycles. The maximum absolute atomic E-state index is 11.0. The third-order valence-corrected chi connectivity index (χ3v) is 4.07. The van der Waals surface area contributed by atoms with Crippen LogP contribution >= 0.6 is 0 Å². The summed E-state index contributed by atoms with van der Waals surface area (Å²) in [5, 5.41) is 0. The highest BCUT2D eigenvalue weighted by atomic mass is 16.1. The first kappa shape index (κ1) is 14.5. The van der Waals surface area contributed by atoms with Gasteiger partial charge in [0, 0.05) is 6.42 Å². The summed E-state index contributed by atoms with van der Waals surface area (Å²) < 4.78 is 0. The number of carbonyl (C=O) groups excluding carboxylic acids is 1. The summed E-state index contributed by atoms with van der Waals surface area (Å²) in [4.78, 5) is 11.0. The molecule has 0 aliphatic heterocycles. The molecule has 2 aromatic carbocycles. The second-order valence-corrected chi connectivity index (χ2v) is 5.58. The van der Waals surface area contributed by atoms with Gasteiger partial charge in [-0.25, -0.2) is 0 Å². The quantitative estimate of drug-likeness (QED) is 0.727. The van der Waals surface area contributed by atoms with Gasteiger partial charge in [-0.3, -0.25) is 0 Å². The lowest BCUT2D eigenvalue weighted by molar-refractivity contribution is -0.108. The molecule has 0 unspecified atom stereocenters. The van der Waals surface area contributed by atoms with Gasteiger partial charge >= 0.3 is 0 Å². The van der Waals surface area contributed by atoms with Crippen molar-refractivity contribution >= 4 is 6.29 Å². The van der Waals surface area contributed by atoms with Gasteiger partial charge in [0.1, 0.15) is 6.29 Å². The molecule has 0 fully saturated rings. The van der Waals surface area contributed by atoms with Crippen LogP contribution in [0, 0.1) is 20.8 Å². The number of hydrogen-bond acceptors (Lipinski definition) is 1. The van der Waals surface area contributed by atoms with Gasteiger partial charge in [0.15, 0.2) is 0 Å². The van der Waals surface area contributed by atoms with Crippen LogP contribution in [-0.4, -0.2) is 6.29 Å². The average Bonchev–Trinajstić information content (AvgIpc) is 2.45. The SMILES string of the molecule is Cc1cc(C)c(C[C@@H](CC=O)c2ccccc2)cc1C. The lowest BCUT2D eigenvalue weighted by Crippen LogP contribution is -2.06. The minimum absolute atomic E-state index is 0.273. The minimum atomic E-state index is 0.273. The smallest absolute Gasteiger partial charge is 0.120 e. The molecule has 0 spiro atoms. The van der Waals surface area contributed by atoms with E-state index in [1.54, 1.807) is 0 Å². The summed E-state index contributed by atoms with van der Waals surface area (Å²) >= 11 is 0. The highest BCUT2D eigenvalue weighted by Gasteiger charge is 2.13. The standard InChI is InChI=1S/C19H22O/c1-14-11-16(3)19(12-15(14)2)13-18(9-10-20)17-7-5-4-6-8-17/h4-8,10-12,18H,9,13H2,1-3H3/t18-/m1/s1. The Hall–Kier alpha value is -1.89. The van der Waals surface area contributed by atoms with Gasteiger partial charge in [0.25, 0.3) is 0 Å². The van der Waals surface area contributed by atoms with Crippen molar-refractivity contribution in [1.29, 1.82) is 0 Å². The fourth-order valence-electron chi connectivity index (χ4n) is 2.68. The molecule has 2 rings (SSSR count). The summed E-state index contributed by atoms with van der Waals surface area (Å²) in [6.07, 6.45) is 2.54. The predicted octanol–water partition coefficient (Wildman–Crippen LogP) is 4.53. The number of rotatable bonds is 5. The monoisotopic (exact) mass is 266 g/mol. The van der Waals surface area contributed by atoms with Crippen molar-refractivity contribution in [3.8, 4) is 0 Å². The van der Waals surface area contributed by atoms with Crippen molar-refractivity contribution in [3.63, 3.8) is 0 Å². The maximum atomic E-state index is 11.0. The molecular formula is C19H22O. The predicted molar refractivity (Wildman–Crippen MR) is 84.2 cm³/mol. The largest absolute Gasteiger partial charge is 0.303 e. The highest BCUT2D eigenvalue weighted by Crippen LogP contribution is 2.26. The van der Waals surface area contributed by atoms with Crippen LogP contribution < -0.4 is 0 Å². The third kappa shape index (κ3) is 3.36. The van der Waals surface area contributed by atoms with E-state index >= 15 is 0 Å². The fraction of sp³-hybridized carbons (Fsp3) is 0.316. The lowest BCUT2D eigenvalue weighted by Gasteiger charge is -2.17. The van der Waals surface area contributed by atoms with E-state index in [1.807, 2.05) is 18.2 Å². The van der Waals surface area contributed by atoms with E-state index in [4.69, 9.17) is 0 Å². The van der Waals surface area contributed by atoms with Crippen molar-refractivity contribution < 1.29 is 4.79 Å². The Bertz CT molecular complexity index is 584. The van der Waals surface area contributed by atoms with E-state index in [1.165, 1.54) is 27.8 Å². The van der Waals surface area contributed by atoms with E-state index in [2.05, 4.69) is 45.0 Å². The summed E-state index contributed by atoms with van der Waals surface area (Å²) in [6, 6.07) is 14.8. The van der Waals surface area contributed by atoms with Crippen molar-refractivity contribution in [1.82, 2.24) is 0 Å². The fourth-order valence-corrected chi connectivity index (χ4v) is 2.68. The topological polar surface area (TPSA) is 17.1 Å². The van der Waals surface area contributed by atoms with Crippen molar-refractivity contribution in [2.75, 3.05) is 0 Å². The van der Waals surface area contributed by atoms with Crippen LogP contribution in [0.1, 0.15) is 40.2 Å². The molecule has 20 heavy (non-hydrogen) atoms. The molecule has 2 aromatic rings. The zero-order chi connectivity index (χ0) is 14.5. The summed E-state index contributed by atoms with van der Waals surface area (Å²) in [7, 11) is 0. The number of aldehydes is 1. The first-order chi connectivity index (χ1) is 9.61. The molecule has 0 aliphatic rings. The Balaban J connectivity index is 2.29. The van der Waals surface area contributed by atoms with Gasteiger partial charge in [0.05, 0.1) is 0 Å². The summed E-state index contributed by atoms with van der Waals surface area (Å²) in [5.74, 6) is 0.273. The lowest BCUT2D eigenvalue weighted by atomic mass is 9.87. The Labute approximate surface area is 121 Å². The molecular weight excluding hydrogens is 244 g/mol. The van der Waals surface area contributed by atoms with E-state index in [0.717, 1.165) is 12.7 Å². The van der Waals surface area contributed by atoms with Crippen LogP contribution in [0.5, 0.6) is 0 Å². The molecule has 0 radical (unpaired) electrons. The molecule has 0 amide bonds. The van der Waals surface area contributed by atoms with Crippen LogP contribution in [0.25, 0.3) is 0 Å². The van der Waals surface area contributed by atoms with Crippen LogP contribution in [0.3, 0.4) is 0 Å². The van der Waals surface area contributed by atoms with Gasteiger partial charge in [-0.1, -0.05) is 42.5 Å². The van der Waals surface area contributed by atoms with Gasteiger partial charge < -0.3 is 4.79 Å². The second-order valence-electron chi connectivity index (χ2n) is 5.58. The van der Waals surface area contributed by atoms with Gasteiger partial charge in [-0.05, 0) is 60.9 Å². The molecule has 1 heteroatoms. The van der Waals surface area contributed by atoms with Crippen LogP contribution in [0.2, 0.25) is 0 Å². The van der Waals surface area contributed by atoms with Gasteiger partial charge in [-0.15, -0.1) is 0 Å². The zero-order valence-corrected chi connectivity index (χ0v) is 12.5. The van der Waals surface area contributed by atoms with Crippen LogP contribution in [-0.2, 0) is 11.2 Å². The Kier molecular flexibility index (Phi) is 4.73. The van der Waals surface area contributed by atoms with E-state index in [-0.39, 0.29) is 5.92 Å². The summed E-state index contributed by atoms with van der Waals surface area (Å²) in [6.45, 7) is 6.45. The summed E-state index contributed by atoms with van der Waals surface area (Å²) in [5.41, 5.74) is 6.57. The number of carbonyl (C=O) groups is 1. The molecule has 0 bridgehead atoms. The first-order valence-corrected chi connectivity index (χ1v) is 7.17. The molecule has 0 aliphatic carbocycles. The number of hydrogen-bond donors (Lipinski definition) is 0. The average molecular weight is 266 g/mol. The molecule has 1 nitrogen and oxygen atoms in total.